The molecule has 0 fully saturated rings. The summed E-state index contributed by atoms with van der Waals surface area (Å²) in [5, 5.41) is 0. The molecule has 0 amide bonds. The van der Waals surface area contributed by atoms with Crippen LogP contribution < -0.4 is 0 Å². The molecule has 0 aliphatic heterocycles. The van der Waals surface area contributed by atoms with Gasteiger partial charge in [0.05, 0.1) is 0 Å². The Labute approximate surface area is 87.3 Å². The molecule has 0 bridgehead atoms. The fourth-order valence-electron chi connectivity index (χ4n) is 1.17. The van der Waals surface area contributed by atoms with Gasteiger partial charge in [0.1, 0.15) is 0 Å². The molecule has 0 aliphatic rings. The van der Waals surface area contributed by atoms with E-state index in [0.717, 1.165) is 12.8 Å². The summed E-state index contributed by atoms with van der Waals surface area (Å²) in [7, 11) is 0. The van der Waals surface area contributed by atoms with Gasteiger partial charge in [-0.3, -0.25) is 0 Å². The van der Waals surface area contributed by atoms with Crippen LogP contribution in [0.15, 0.2) is 18.2 Å². The number of hydrogen-bond acceptors (Lipinski definition) is 0. The Hall–Kier alpha value is -0.197. The smallest absolute Gasteiger partial charge is 0 e. The number of benzene rings is 1. The van der Waals surface area contributed by atoms with Gasteiger partial charge >= 0.3 is 0 Å². The van der Waals surface area contributed by atoms with E-state index >= 15 is 0 Å². The second kappa shape index (κ2) is 7.45. The molecule has 0 heterocycles. The summed E-state index contributed by atoms with van der Waals surface area (Å²) in [6.45, 7) is 4.35. The molecule has 1 aromatic rings. The monoisotopic (exact) mass is 215 g/mol. The average molecular weight is 217 g/mol. The van der Waals surface area contributed by atoms with Gasteiger partial charge < -0.3 is 5.48 Å². The van der Waals surface area contributed by atoms with Gasteiger partial charge in [0.25, 0.3) is 0 Å². The molecule has 0 saturated carbocycles. The van der Waals surface area contributed by atoms with Gasteiger partial charge in [-0.15, -0.1) is 0 Å². The molecule has 2 heteroatoms. The first-order valence-electron chi connectivity index (χ1n) is 3.87. The molecule has 0 aromatic heterocycles. The van der Waals surface area contributed by atoms with Crippen LogP contribution in [-0.2, 0) is 32.3 Å². The first-order valence-corrected chi connectivity index (χ1v) is 3.87. The molecule has 2 N–H and O–H groups in total. The molecule has 0 aliphatic carbocycles. The van der Waals surface area contributed by atoms with E-state index < -0.39 is 0 Å². The zero-order chi connectivity index (χ0) is 7.40. The Bertz CT molecular complexity index is 188. The van der Waals surface area contributed by atoms with Gasteiger partial charge in [0, 0.05) is 19.5 Å². The van der Waals surface area contributed by atoms with Crippen LogP contribution in [-0.4, -0.2) is 5.48 Å². The van der Waals surface area contributed by atoms with E-state index in [2.05, 4.69) is 32.0 Å². The number of rotatable bonds is 2. The minimum Gasteiger partial charge on any atom is -0.412 e. The largest absolute Gasteiger partial charge is 0.412 e. The van der Waals surface area contributed by atoms with Gasteiger partial charge in [0.15, 0.2) is 0 Å². The summed E-state index contributed by atoms with van der Waals surface area (Å²) in [5.41, 5.74) is 2.80. The normalized spacial score (nSPS) is 8.17. The molecule has 1 aromatic carbocycles. The van der Waals surface area contributed by atoms with Crippen molar-refractivity contribution in [3.8, 4) is 0 Å². The average Bonchev–Trinajstić information content (AvgIpc) is 2.04. The van der Waals surface area contributed by atoms with Gasteiger partial charge in [-0.05, 0) is 0 Å². The molecule has 64 valence electrons. The van der Waals surface area contributed by atoms with Crippen LogP contribution in [0.5, 0.6) is 0 Å². The van der Waals surface area contributed by atoms with Crippen molar-refractivity contribution >= 4 is 0 Å². The van der Waals surface area contributed by atoms with Crippen LogP contribution in [0.25, 0.3) is 0 Å². The predicted octanol–water partition coefficient (Wildman–Crippen LogP) is 1.78. The Morgan fingerprint density at radius 2 is 1.92 bits per heavy atom. The van der Waals surface area contributed by atoms with Crippen molar-refractivity contribution in [1.82, 2.24) is 0 Å². The quantitative estimate of drug-likeness (QED) is 0.533. The molecule has 0 spiro atoms. The van der Waals surface area contributed by atoms with E-state index in [1.165, 1.54) is 11.1 Å². The molecule has 0 unspecified atom stereocenters. The summed E-state index contributed by atoms with van der Waals surface area (Å²) in [6, 6.07) is 9.45. The predicted molar refractivity (Wildman–Crippen MR) is 47.6 cm³/mol. The van der Waals surface area contributed by atoms with E-state index in [0.29, 0.717) is 0 Å². The summed E-state index contributed by atoms with van der Waals surface area (Å²) < 4.78 is 0. The van der Waals surface area contributed by atoms with Crippen LogP contribution in [0, 0.1) is 6.07 Å². The molecule has 1 nitrogen and oxygen atoms in total. The van der Waals surface area contributed by atoms with Crippen molar-refractivity contribution in [2.24, 2.45) is 0 Å². The van der Waals surface area contributed by atoms with Crippen LogP contribution in [0.4, 0.5) is 0 Å². The van der Waals surface area contributed by atoms with E-state index in [1.807, 2.05) is 6.07 Å². The van der Waals surface area contributed by atoms with Crippen molar-refractivity contribution in [2.45, 2.75) is 26.7 Å². The molecule has 0 atom stereocenters. The zero-order valence-electron chi connectivity index (χ0n) is 7.85. The van der Waals surface area contributed by atoms with Crippen LogP contribution in [0.2, 0.25) is 0 Å². The van der Waals surface area contributed by atoms with E-state index in [1.54, 1.807) is 0 Å². The molecular formula is C10H15OZn-. The van der Waals surface area contributed by atoms with Crippen molar-refractivity contribution in [3.05, 3.63) is 35.4 Å². The first-order chi connectivity index (χ1) is 4.88. The van der Waals surface area contributed by atoms with Crippen LogP contribution in [0.3, 0.4) is 0 Å². The van der Waals surface area contributed by atoms with Crippen molar-refractivity contribution < 1.29 is 25.0 Å². The minimum atomic E-state index is 0. The summed E-state index contributed by atoms with van der Waals surface area (Å²) >= 11 is 0. The topological polar surface area (TPSA) is 31.5 Å². The third kappa shape index (κ3) is 3.47. The van der Waals surface area contributed by atoms with Crippen LogP contribution >= 0.6 is 0 Å². The molecule has 12 heavy (non-hydrogen) atoms. The van der Waals surface area contributed by atoms with Crippen molar-refractivity contribution in [2.75, 3.05) is 0 Å². The molecular weight excluding hydrogens is 201 g/mol. The summed E-state index contributed by atoms with van der Waals surface area (Å²) in [4.78, 5) is 0. The maximum atomic E-state index is 3.24. The maximum absolute atomic E-state index is 3.24. The fraction of sp³-hybridized carbons (Fsp3) is 0.400. The van der Waals surface area contributed by atoms with Crippen molar-refractivity contribution in [1.29, 1.82) is 0 Å². The Kier molecular flexibility index (Phi) is 8.90. The van der Waals surface area contributed by atoms with Gasteiger partial charge in [-0.2, -0.15) is 35.4 Å². The number of aryl methyl sites for hydroxylation is 2. The van der Waals surface area contributed by atoms with Crippen molar-refractivity contribution in [3.63, 3.8) is 0 Å². The Morgan fingerprint density at radius 1 is 1.25 bits per heavy atom. The summed E-state index contributed by atoms with van der Waals surface area (Å²) in [5.74, 6) is 0. The zero-order valence-corrected chi connectivity index (χ0v) is 10.8. The number of hydrogen-bond donors (Lipinski definition) is 0. The SMILES string of the molecule is CCc1[c-]cccc1CC.O.[Zn]. The van der Waals surface area contributed by atoms with E-state index in [9.17, 15) is 0 Å². The molecule has 0 radical (unpaired) electrons. The minimum absolute atomic E-state index is 0. The Morgan fingerprint density at radius 3 is 2.33 bits per heavy atom. The Balaban J connectivity index is 0. The molecule has 0 saturated heterocycles. The maximum Gasteiger partial charge on any atom is 0 e. The van der Waals surface area contributed by atoms with Crippen LogP contribution in [0.1, 0.15) is 25.0 Å². The third-order valence-corrected chi connectivity index (χ3v) is 1.77. The fourth-order valence-corrected chi connectivity index (χ4v) is 1.17. The second-order valence-electron chi connectivity index (χ2n) is 2.38. The van der Waals surface area contributed by atoms with Gasteiger partial charge in [-0.25, -0.2) is 0 Å². The summed E-state index contributed by atoms with van der Waals surface area (Å²) in [6.07, 6.45) is 2.23. The van der Waals surface area contributed by atoms with E-state index in [4.69, 9.17) is 0 Å². The first kappa shape index (κ1) is 14.3. The van der Waals surface area contributed by atoms with Gasteiger partial charge in [0.2, 0.25) is 0 Å². The standard InChI is InChI=1S/C10H13.H2O.Zn/c1-3-9-7-5-6-8-10(9)4-2;;/h5-7H,3-4H2,1-2H3;1H2;/q-1;;. The third-order valence-electron chi connectivity index (χ3n) is 1.77. The van der Waals surface area contributed by atoms with Gasteiger partial charge in [-0.1, -0.05) is 26.7 Å². The second-order valence-corrected chi connectivity index (χ2v) is 2.38. The molecule has 1 rings (SSSR count). The van der Waals surface area contributed by atoms with E-state index in [-0.39, 0.29) is 25.0 Å².